The minimum absolute atomic E-state index is 1.37. The summed E-state index contributed by atoms with van der Waals surface area (Å²) < 4.78 is 0. The highest BCUT2D eigenvalue weighted by molar-refractivity contribution is 8.03. The van der Waals surface area contributed by atoms with E-state index in [0.29, 0.717) is 0 Å². The summed E-state index contributed by atoms with van der Waals surface area (Å²) in [5.41, 5.74) is 0. The van der Waals surface area contributed by atoms with Gasteiger partial charge in [-0.3, -0.25) is 0 Å². The largest absolute Gasteiger partial charge is 0.0982 e. The van der Waals surface area contributed by atoms with Crippen molar-refractivity contribution >= 4 is 11.8 Å². The molecule has 0 aliphatic rings. The molecule has 0 saturated carbocycles. The average Bonchev–Trinajstić information content (AvgIpc) is 1.41. The number of rotatable bonds is 2. The monoisotopic (exact) mass is 85.0 g/mol. The molecule has 1 heteroatoms. The molecule has 0 aromatic carbocycles. The van der Waals surface area contributed by atoms with Crippen molar-refractivity contribution < 1.29 is 0 Å². The molecule has 0 atom stereocenters. The molecule has 1 radical (unpaired) electrons. The lowest BCUT2D eigenvalue weighted by Gasteiger charge is -1.63. The minimum atomic E-state index is 1.37. The first-order valence-electron chi connectivity index (χ1n) is 1.20. The van der Waals surface area contributed by atoms with Gasteiger partial charge in [0.15, 0.2) is 0 Å². The second-order valence-corrected chi connectivity index (χ2v) is 1.29. The van der Waals surface area contributed by atoms with Gasteiger partial charge in [0.25, 0.3) is 0 Å². The first-order valence-corrected chi connectivity index (χ1v) is 2.08. The Kier molecular flexibility index (Phi) is 3.70. The molecule has 27 valence electrons. The molecule has 5 heavy (non-hydrogen) atoms. The molecule has 0 fully saturated rings. The minimum Gasteiger partial charge on any atom is -0.0982 e. The number of hydrogen-bond acceptors (Lipinski definition) is 1. The lowest BCUT2D eigenvalue weighted by Crippen LogP contribution is -1.27. The molecule has 0 nitrogen and oxygen atoms in total. The molecule has 0 aromatic heterocycles. The summed E-state index contributed by atoms with van der Waals surface area (Å²) in [6, 6.07) is 0. The summed E-state index contributed by atoms with van der Waals surface area (Å²) >= 11 is 1.37. The van der Waals surface area contributed by atoms with E-state index in [2.05, 4.69) is 18.6 Å². The summed E-state index contributed by atoms with van der Waals surface area (Å²) in [5.74, 6) is 0. The fourth-order valence-electron chi connectivity index (χ4n) is 0.0589. The Morgan fingerprint density at radius 3 is 2.40 bits per heavy atom. The van der Waals surface area contributed by atoms with Crippen molar-refractivity contribution in [3.63, 3.8) is 0 Å². The molecule has 0 aromatic rings. The number of thioether (sulfide) groups is 1. The van der Waals surface area contributed by atoms with E-state index < -0.39 is 0 Å². The summed E-state index contributed by atoms with van der Waals surface area (Å²) in [6.07, 6.45) is 0. The predicted octanol–water partition coefficient (Wildman–Crippen LogP) is 1.81. The van der Waals surface area contributed by atoms with Crippen molar-refractivity contribution in [1.82, 2.24) is 0 Å². The maximum atomic E-state index is 3.41. The van der Waals surface area contributed by atoms with E-state index in [1.165, 1.54) is 11.8 Å². The zero-order valence-electron chi connectivity index (χ0n) is 2.90. The first-order chi connectivity index (χ1) is 2.41. The van der Waals surface area contributed by atoms with Crippen LogP contribution in [0.4, 0.5) is 0 Å². The average molecular weight is 85.2 g/mol. The Balaban J connectivity index is 2.65. The molecule has 0 saturated heterocycles. The molecular weight excluding hydrogens is 80.1 g/mol. The Labute approximate surface area is 36.6 Å². The van der Waals surface area contributed by atoms with Crippen LogP contribution in [0.1, 0.15) is 0 Å². The normalized spacial score (nSPS) is 6.40. The van der Waals surface area contributed by atoms with Crippen LogP contribution < -0.4 is 0 Å². The zero-order valence-corrected chi connectivity index (χ0v) is 3.72. The quantitative estimate of drug-likeness (QED) is 0.492. The van der Waals surface area contributed by atoms with Crippen LogP contribution in [0.25, 0.3) is 0 Å². The summed E-state index contributed by atoms with van der Waals surface area (Å²) in [4.78, 5) is 0. The van der Waals surface area contributed by atoms with E-state index >= 15 is 0 Å². The van der Waals surface area contributed by atoms with Gasteiger partial charge in [-0.05, 0) is 5.41 Å². The third-order valence-corrected chi connectivity index (χ3v) is 0.500. The topological polar surface area (TPSA) is 0 Å². The first kappa shape index (κ1) is 4.83. The van der Waals surface area contributed by atoms with Crippen LogP contribution in [0.2, 0.25) is 0 Å². The highest BCUT2D eigenvalue weighted by Crippen LogP contribution is 1.94. The zero-order chi connectivity index (χ0) is 4.12. The van der Waals surface area contributed by atoms with Gasteiger partial charge in [-0.1, -0.05) is 24.9 Å². The fraction of sp³-hybridized carbons (Fsp3) is 0. The maximum absolute atomic E-state index is 3.41. The summed E-state index contributed by atoms with van der Waals surface area (Å²) in [7, 11) is 0. The van der Waals surface area contributed by atoms with Gasteiger partial charge < -0.3 is 0 Å². The van der Waals surface area contributed by atoms with Gasteiger partial charge in [0, 0.05) is 5.41 Å². The van der Waals surface area contributed by atoms with Crippen molar-refractivity contribution in [2.24, 2.45) is 0 Å². The van der Waals surface area contributed by atoms with E-state index in [9.17, 15) is 0 Å². The van der Waals surface area contributed by atoms with Crippen LogP contribution in [0.5, 0.6) is 0 Å². The standard InChI is InChI=1S/C4H5S/c1-3-5-4-2/h3H,1-2H2. The van der Waals surface area contributed by atoms with E-state index in [0.717, 1.165) is 0 Å². The van der Waals surface area contributed by atoms with Gasteiger partial charge >= 0.3 is 0 Å². The SMILES string of the molecule is C=[C]SC=C. The lowest BCUT2D eigenvalue weighted by molar-refractivity contribution is 2.47. The molecule has 0 heterocycles. The third-order valence-electron chi connectivity index (χ3n) is 0.167. The van der Waals surface area contributed by atoms with Crippen molar-refractivity contribution in [3.05, 3.63) is 24.0 Å². The van der Waals surface area contributed by atoms with Gasteiger partial charge in [-0.25, -0.2) is 0 Å². The van der Waals surface area contributed by atoms with Crippen LogP contribution in [0, 0.1) is 5.41 Å². The predicted molar refractivity (Wildman–Crippen MR) is 26.7 cm³/mol. The highest BCUT2D eigenvalue weighted by Gasteiger charge is 1.53. The third kappa shape index (κ3) is 3.83. The fourth-order valence-corrected chi connectivity index (χ4v) is 0.177. The molecule has 0 amide bonds. The Morgan fingerprint density at radius 1 is 1.80 bits per heavy atom. The molecule has 0 unspecified atom stereocenters. The van der Waals surface area contributed by atoms with Gasteiger partial charge in [0.1, 0.15) is 0 Å². The Morgan fingerprint density at radius 2 is 2.40 bits per heavy atom. The van der Waals surface area contributed by atoms with Gasteiger partial charge in [0.05, 0.1) is 0 Å². The van der Waals surface area contributed by atoms with Crippen molar-refractivity contribution in [1.29, 1.82) is 0 Å². The Hall–Kier alpha value is -0.170. The molecule has 0 bridgehead atoms. The smallest absolute Gasteiger partial charge is 0.0177 e. The van der Waals surface area contributed by atoms with Crippen molar-refractivity contribution in [2.45, 2.75) is 0 Å². The van der Waals surface area contributed by atoms with Crippen LogP contribution in [0.3, 0.4) is 0 Å². The van der Waals surface area contributed by atoms with Gasteiger partial charge in [-0.2, -0.15) is 0 Å². The maximum Gasteiger partial charge on any atom is 0.0177 e. The van der Waals surface area contributed by atoms with Gasteiger partial charge in [0.2, 0.25) is 0 Å². The van der Waals surface area contributed by atoms with Crippen molar-refractivity contribution in [2.75, 3.05) is 0 Å². The van der Waals surface area contributed by atoms with Crippen LogP contribution in [-0.4, -0.2) is 0 Å². The second kappa shape index (κ2) is 3.83. The van der Waals surface area contributed by atoms with Crippen molar-refractivity contribution in [3.8, 4) is 0 Å². The van der Waals surface area contributed by atoms with Crippen LogP contribution in [-0.2, 0) is 0 Å². The Bertz CT molecular complexity index is 32.9. The highest BCUT2D eigenvalue weighted by atomic mass is 32.2. The summed E-state index contributed by atoms with van der Waals surface area (Å²) in [5, 5.41) is 4.24. The molecule has 0 rings (SSSR count). The van der Waals surface area contributed by atoms with E-state index in [-0.39, 0.29) is 0 Å². The van der Waals surface area contributed by atoms with Crippen LogP contribution in [0.15, 0.2) is 18.6 Å². The van der Waals surface area contributed by atoms with E-state index in [1.807, 2.05) is 0 Å². The van der Waals surface area contributed by atoms with Gasteiger partial charge in [-0.15, -0.1) is 0 Å². The molecular formula is C4H5S. The van der Waals surface area contributed by atoms with Crippen LogP contribution >= 0.6 is 11.8 Å². The molecule has 0 N–H and O–H groups in total. The summed E-state index contributed by atoms with van der Waals surface area (Å²) in [6.45, 7) is 6.73. The second-order valence-electron chi connectivity index (χ2n) is 0.429. The number of hydrogen-bond donors (Lipinski definition) is 0. The molecule has 0 spiro atoms. The molecule has 0 aliphatic heterocycles. The lowest BCUT2D eigenvalue weighted by atomic mass is 11.3. The molecule has 0 aliphatic carbocycles. The van der Waals surface area contributed by atoms with E-state index in [1.54, 1.807) is 5.41 Å². The van der Waals surface area contributed by atoms with E-state index in [4.69, 9.17) is 0 Å².